The number of nitrogens with one attached hydrogen (secondary N) is 1. The van der Waals surface area contributed by atoms with E-state index in [1.807, 2.05) is 0 Å². The van der Waals surface area contributed by atoms with E-state index in [1.54, 1.807) is 12.4 Å². The molecule has 1 rings (SSSR count). The van der Waals surface area contributed by atoms with Crippen molar-refractivity contribution in [2.24, 2.45) is 11.3 Å². The zero-order valence-corrected chi connectivity index (χ0v) is 10.1. The third-order valence-electron chi connectivity index (χ3n) is 3.09. The van der Waals surface area contributed by atoms with Gasteiger partial charge in [-0.2, -0.15) is 0 Å². The van der Waals surface area contributed by atoms with Gasteiger partial charge >= 0.3 is 0 Å². The van der Waals surface area contributed by atoms with Gasteiger partial charge in [-0.05, 0) is 17.8 Å². The van der Waals surface area contributed by atoms with Crippen LogP contribution in [0.5, 0.6) is 0 Å². The fourth-order valence-electron chi connectivity index (χ4n) is 1.48. The van der Waals surface area contributed by atoms with Gasteiger partial charge in [0, 0.05) is 18.8 Å². The maximum absolute atomic E-state index is 9.89. The number of imidazole rings is 1. The maximum atomic E-state index is 9.89. The Kier molecular flexibility index (Phi) is 3.91. The molecule has 0 aliphatic heterocycles. The minimum absolute atomic E-state index is 0.254. The van der Waals surface area contributed by atoms with Gasteiger partial charge in [0.1, 0.15) is 5.82 Å². The van der Waals surface area contributed by atoms with E-state index in [0.29, 0.717) is 12.3 Å². The largest absolute Gasteiger partial charge is 0.393 e. The van der Waals surface area contributed by atoms with Crippen LogP contribution in [0.1, 0.15) is 39.9 Å². The van der Waals surface area contributed by atoms with Crippen molar-refractivity contribution in [2.75, 3.05) is 0 Å². The highest BCUT2D eigenvalue weighted by Crippen LogP contribution is 2.29. The normalized spacial score (nSPS) is 16.3. The van der Waals surface area contributed by atoms with Gasteiger partial charge < -0.3 is 10.1 Å². The van der Waals surface area contributed by atoms with Crippen LogP contribution in [0.2, 0.25) is 0 Å². The number of aliphatic hydroxyl groups excluding tert-OH is 1. The molecular weight excluding hydrogens is 188 g/mol. The van der Waals surface area contributed by atoms with Crippen molar-refractivity contribution in [3.63, 3.8) is 0 Å². The summed E-state index contributed by atoms with van der Waals surface area (Å²) in [6.45, 7) is 8.80. The Labute approximate surface area is 91.9 Å². The highest BCUT2D eigenvalue weighted by Gasteiger charge is 2.22. The Morgan fingerprint density at radius 1 is 1.47 bits per heavy atom. The van der Waals surface area contributed by atoms with E-state index in [4.69, 9.17) is 0 Å². The molecule has 3 nitrogen and oxygen atoms in total. The Morgan fingerprint density at radius 3 is 2.60 bits per heavy atom. The monoisotopic (exact) mass is 210 g/mol. The van der Waals surface area contributed by atoms with Gasteiger partial charge in [0.05, 0.1) is 6.10 Å². The van der Waals surface area contributed by atoms with Crippen LogP contribution in [0.15, 0.2) is 12.4 Å². The molecule has 0 aromatic carbocycles. The number of aromatic amines is 1. The maximum Gasteiger partial charge on any atom is 0.108 e. The number of nitrogens with zero attached hydrogens (tertiary/aromatic N) is 1. The molecule has 0 aliphatic rings. The minimum Gasteiger partial charge on any atom is -0.393 e. The van der Waals surface area contributed by atoms with Gasteiger partial charge in [-0.15, -0.1) is 0 Å². The molecule has 3 heteroatoms. The third kappa shape index (κ3) is 4.04. The average molecular weight is 210 g/mol. The molecule has 1 aromatic heterocycles. The van der Waals surface area contributed by atoms with Crippen molar-refractivity contribution in [1.82, 2.24) is 9.97 Å². The molecule has 86 valence electrons. The van der Waals surface area contributed by atoms with Gasteiger partial charge in [-0.1, -0.05) is 27.7 Å². The van der Waals surface area contributed by atoms with Crippen LogP contribution < -0.4 is 0 Å². The number of aliphatic hydroxyl groups is 1. The van der Waals surface area contributed by atoms with Crippen LogP contribution in [-0.4, -0.2) is 21.2 Å². The van der Waals surface area contributed by atoms with Crippen molar-refractivity contribution in [3.8, 4) is 0 Å². The van der Waals surface area contributed by atoms with Crippen molar-refractivity contribution >= 4 is 0 Å². The molecule has 0 amide bonds. The summed E-state index contributed by atoms with van der Waals surface area (Å²) in [5, 5.41) is 9.89. The highest BCUT2D eigenvalue weighted by molar-refractivity contribution is 4.89. The average Bonchev–Trinajstić information content (AvgIpc) is 2.54. The first-order valence-corrected chi connectivity index (χ1v) is 5.56. The molecule has 0 bridgehead atoms. The summed E-state index contributed by atoms with van der Waals surface area (Å²) in [4.78, 5) is 7.12. The lowest BCUT2D eigenvalue weighted by molar-refractivity contribution is 0.109. The lowest BCUT2D eigenvalue weighted by Gasteiger charge is -2.28. The van der Waals surface area contributed by atoms with E-state index < -0.39 is 0 Å². The van der Waals surface area contributed by atoms with Crippen molar-refractivity contribution in [1.29, 1.82) is 0 Å². The third-order valence-corrected chi connectivity index (χ3v) is 3.09. The van der Waals surface area contributed by atoms with Crippen LogP contribution in [-0.2, 0) is 6.42 Å². The van der Waals surface area contributed by atoms with Gasteiger partial charge in [-0.25, -0.2) is 4.98 Å². The van der Waals surface area contributed by atoms with E-state index in [1.165, 1.54) is 0 Å². The van der Waals surface area contributed by atoms with E-state index in [-0.39, 0.29) is 11.5 Å². The van der Waals surface area contributed by atoms with Gasteiger partial charge in [-0.3, -0.25) is 0 Å². The summed E-state index contributed by atoms with van der Waals surface area (Å²) in [5.41, 5.74) is 0.254. The van der Waals surface area contributed by atoms with Crippen molar-refractivity contribution < 1.29 is 5.11 Å². The first kappa shape index (κ1) is 12.2. The summed E-state index contributed by atoms with van der Waals surface area (Å²) in [6, 6.07) is 0. The molecular formula is C12H22N2O. The molecule has 0 aliphatic carbocycles. The molecule has 0 spiro atoms. The molecule has 2 unspecified atom stereocenters. The summed E-state index contributed by atoms with van der Waals surface area (Å²) in [7, 11) is 0. The van der Waals surface area contributed by atoms with Gasteiger partial charge in [0.2, 0.25) is 0 Å². The predicted octanol–water partition coefficient (Wildman–Crippen LogP) is 2.39. The molecule has 0 radical (unpaired) electrons. The van der Waals surface area contributed by atoms with Crippen LogP contribution >= 0.6 is 0 Å². The topological polar surface area (TPSA) is 48.9 Å². The SMILES string of the molecule is CC(CC(O)Cc1ncc[nH]1)C(C)(C)C. The standard InChI is InChI=1S/C12H22N2O/c1-9(12(2,3)4)7-10(15)8-11-13-5-6-14-11/h5-6,9-10,15H,7-8H2,1-4H3,(H,13,14). The molecule has 0 saturated carbocycles. The van der Waals surface area contributed by atoms with E-state index in [0.717, 1.165) is 12.2 Å². The predicted molar refractivity (Wildman–Crippen MR) is 61.5 cm³/mol. The zero-order chi connectivity index (χ0) is 11.5. The second kappa shape index (κ2) is 4.79. The van der Waals surface area contributed by atoms with Gasteiger partial charge in [0.15, 0.2) is 0 Å². The van der Waals surface area contributed by atoms with Crippen LogP contribution in [0.4, 0.5) is 0 Å². The number of rotatable bonds is 4. The summed E-state index contributed by atoms with van der Waals surface area (Å²) in [6.07, 6.45) is 4.65. The quantitative estimate of drug-likeness (QED) is 0.801. The fraction of sp³-hybridized carbons (Fsp3) is 0.750. The minimum atomic E-state index is -0.301. The van der Waals surface area contributed by atoms with Crippen LogP contribution in [0.3, 0.4) is 0 Å². The molecule has 2 N–H and O–H groups in total. The smallest absolute Gasteiger partial charge is 0.108 e. The second-order valence-electron chi connectivity index (χ2n) is 5.40. The number of aromatic nitrogens is 2. The van der Waals surface area contributed by atoms with Gasteiger partial charge in [0.25, 0.3) is 0 Å². The lowest BCUT2D eigenvalue weighted by Crippen LogP contribution is -2.24. The van der Waals surface area contributed by atoms with Crippen molar-refractivity contribution in [2.45, 2.75) is 46.6 Å². The number of H-pyrrole nitrogens is 1. The Morgan fingerprint density at radius 2 is 2.13 bits per heavy atom. The number of hydrogen-bond donors (Lipinski definition) is 2. The molecule has 2 atom stereocenters. The molecule has 1 aromatic rings. The Balaban J connectivity index is 2.39. The molecule has 15 heavy (non-hydrogen) atoms. The fourth-order valence-corrected chi connectivity index (χ4v) is 1.48. The first-order valence-electron chi connectivity index (χ1n) is 5.56. The van der Waals surface area contributed by atoms with Crippen LogP contribution in [0, 0.1) is 11.3 Å². The highest BCUT2D eigenvalue weighted by atomic mass is 16.3. The molecule has 0 fully saturated rings. The summed E-state index contributed by atoms with van der Waals surface area (Å²) in [5.74, 6) is 1.37. The van der Waals surface area contributed by atoms with E-state index in [9.17, 15) is 5.11 Å². The van der Waals surface area contributed by atoms with E-state index >= 15 is 0 Å². The first-order chi connectivity index (χ1) is 6.89. The summed E-state index contributed by atoms with van der Waals surface area (Å²) < 4.78 is 0. The molecule has 1 heterocycles. The van der Waals surface area contributed by atoms with E-state index in [2.05, 4.69) is 37.7 Å². The van der Waals surface area contributed by atoms with Crippen LogP contribution in [0.25, 0.3) is 0 Å². The summed E-state index contributed by atoms with van der Waals surface area (Å²) >= 11 is 0. The Bertz CT molecular complexity index is 274. The van der Waals surface area contributed by atoms with Crippen molar-refractivity contribution in [3.05, 3.63) is 18.2 Å². The lowest BCUT2D eigenvalue weighted by atomic mass is 9.78. The Hall–Kier alpha value is -0.830. The second-order valence-corrected chi connectivity index (χ2v) is 5.40. The molecule has 0 saturated heterocycles. The number of hydrogen-bond acceptors (Lipinski definition) is 2. The zero-order valence-electron chi connectivity index (χ0n) is 10.1.